The second-order valence-corrected chi connectivity index (χ2v) is 8.98. The smallest absolute Gasteiger partial charge is 0.239 e. The Labute approximate surface area is 190 Å². The number of methoxy groups -OCH3 is 3. The summed E-state index contributed by atoms with van der Waals surface area (Å²) in [6, 6.07) is 11.4. The zero-order valence-corrected chi connectivity index (χ0v) is 20.0. The van der Waals surface area contributed by atoms with Crippen LogP contribution in [0.2, 0.25) is 0 Å². The fraction of sp³-hybridized carbons (Fsp3) is 0.364. The molecule has 1 aromatic heterocycles. The number of carbonyl (C=O) groups excluding carboxylic acids is 1. The highest BCUT2D eigenvalue weighted by Crippen LogP contribution is 2.40. The van der Waals surface area contributed by atoms with Crippen molar-refractivity contribution in [2.24, 2.45) is 0 Å². The number of fused-ring (bicyclic) bond motifs is 1. The van der Waals surface area contributed by atoms with Gasteiger partial charge in [0.15, 0.2) is 5.13 Å². The number of hydrogen-bond acceptors (Lipinski definition) is 8. The number of rotatable bonds is 10. The van der Waals surface area contributed by atoms with E-state index in [1.165, 1.54) is 23.1 Å². The minimum atomic E-state index is -0.000317. The highest BCUT2D eigenvalue weighted by molar-refractivity contribution is 8.00. The van der Waals surface area contributed by atoms with Crippen LogP contribution >= 0.6 is 23.1 Å². The van der Waals surface area contributed by atoms with Crippen molar-refractivity contribution in [3.63, 3.8) is 0 Å². The van der Waals surface area contributed by atoms with Gasteiger partial charge in [-0.15, -0.1) is 11.8 Å². The van der Waals surface area contributed by atoms with Gasteiger partial charge in [0.25, 0.3) is 0 Å². The van der Waals surface area contributed by atoms with E-state index in [0.717, 1.165) is 21.9 Å². The maximum Gasteiger partial charge on any atom is 0.239 e. The predicted octanol–water partition coefficient (Wildman–Crippen LogP) is 4.01. The standard InChI is InChI=1S/C22H27N3O4S2/c1-24(2)12-13-25(19(26)14-30-16-8-6-15(27-3)7-9-16)22-23-20-17(28-4)10-11-18(29-5)21(20)31-22/h6-11H,12-14H2,1-5H3. The van der Waals surface area contributed by atoms with Crippen LogP contribution in [-0.2, 0) is 4.79 Å². The van der Waals surface area contributed by atoms with Crippen molar-refractivity contribution in [2.75, 3.05) is 59.2 Å². The number of aromatic nitrogens is 1. The van der Waals surface area contributed by atoms with Gasteiger partial charge >= 0.3 is 0 Å². The SMILES string of the molecule is COc1ccc(SCC(=O)N(CCN(C)C)c2nc3c(OC)ccc(OC)c3s2)cc1. The van der Waals surface area contributed by atoms with Gasteiger partial charge in [-0.25, -0.2) is 4.98 Å². The van der Waals surface area contributed by atoms with Gasteiger partial charge in [0.05, 0.1) is 27.1 Å². The second-order valence-electron chi connectivity index (χ2n) is 6.96. The summed E-state index contributed by atoms with van der Waals surface area (Å²) >= 11 is 2.93. The van der Waals surface area contributed by atoms with Crippen molar-refractivity contribution >= 4 is 44.4 Å². The van der Waals surface area contributed by atoms with E-state index in [1.54, 1.807) is 26.2 Å². The minimum absolute atomic E-state index is 0.000317. The number of thiazole rings is 1. The normalized spacial score (nSPS) is 11.0. The highest BCUT2D eigenvalue weighted by Gasteiger charge is 2.22. The molecule has 1 heterocycles. The van der Waals surface area contributed by atoms with Crippen LogP contribution < -0.4 is 19.1 Å². The number of hydrogen-bond donors (Lipinski definition) is 0. The summed E-state index contributed by atoms with van der Waals surface area (Å²) in [5.41, 5.74) is 0.701. The van der Waals surface area contributed by atoms with Crippen LogP contribution in [0.15, 0.2) is 41.3 Å². The van der Waals surface area contributed by atoms with Crippen LogP contribution in [0.5, 0.6) is 17.2 Å². The Hall–Kier alpha value is -2.49. The van der Waals surface area contributed by atoms with Gasteiger partial charge in [-0.3, -0.25) is 9.69 Å². The summed E-state index contributed by atoms with van der Waals surface area (Å²) in [4.78, 5) is 22.8. The van der Waals surface area contributed by atoms with Gasteiger partial charge in [0, 0.05) is 18.0 Å². The Morgan fingerprint density at radius 2 is 1.65 bits per heavy atom. The first kappa shape index (κ1) is 23.2. The number of amides is 1. The number of nitrogens with zero attached hydrogens (tertiary/aromatic N) is 3. The molecule has 9 heteroatoms. The molecule has 166 valence electrons. The van der Waals surface area contributed by atoms with Crippen LogP contribution in [-0.4, -0.2) is 70.1 Å². The number of benzene rings is 2. The van der Waals surface area contributed by atoms with E-state index in [9.17, 15) is 4.79 Å². The third kappa shape index (κ3) is 5.61. The highest BCUT2D eigenvalue weighted by atomic mass is 32.2. The van der Waals surface area contributed by atoms with Crippen molar-refractivity contribution in [2.45, 2.75) is 4.90 Å². The number of anilines is 1. The number of carbonyl (C=O) groups is 1. The average Bonchev–Trinajstić information content (AvgIpc) is 3.22. The van der Waals surface area contributed by atoms with Gasteiger partial charge in [-0.2, -0.15) is 0 Å². The molecule has 3 rings (SSSR count). The van der Waals surface area contributed by atoms with E-state index in [0.29, 0.717) is 34.4 Å². The molecule has 0 unspecified atom stereocenters. The summed E-state index contributed by atoms with van der Waals surface area (Å²) in [6.07, 6.45) is 0. The van der Waals surface area contributed by atoms with E-state index in [2.05, 4.69) is 0 Å². The lowest BCUT2D eigenvalue weighted by Gasteiger charge is -2.21. The third-order valence-corrected chi connectivity index (χ3v) is 6.71. The van der Waals surface area contributed by atoms with E-state index in [4.69, 9.17) is 19.2 Å². The van der Waals surface area contributed by atoms with Crippen LogP contribution in [0.4, 0.5) is 5.13 Å². The Morgan fingerprint density at radius 3 is 2.26 bits per heavy atom. The summed E-state index contributed by atoms with van der Waals surface area (Å²) < 4.78 is 17.0. The molecule has 0 N–H and O–H groups in total. The fourth-order valence-electron chi connectivity index (χ4n) is 2.91. The molecular weight excluding hydrogens is 434 g/mol. The van der Waals surface area contributed by atoms with Gasteiger partial charge in [0.1, 0.15) is 27.5 Å². The molecule has 0 aliphatic rings. The second kappa shape index (κ2) is 10.7. The van der Waals surface area contributed by atoms with Crippen LogP contribution in [0.3, 0.4) is 0 Å². The minimum Gasteiger partial charge on any atom is -0.497 e. The first-order chi connectivity index (χ1) is 15.0. The fourth-order valence-corrected chi connectivity index (χ4v) is 4.80. The van der Waals surface area contributed by atoms with Crippen molar-refractivity contribution in [3.8, 4) is 17.2 Å². The molecule has 0 saturated carbocycles. The molecule has 31 heavy (non-hydrogen) atoms. The predicted molar refractivity (Wildman–Crippen MR) is 127 cm³/mol. The summed E-state index contributed by atoms with van der Waals surface area (Å²) in [7, 11) is 8.84. The largest absolute Gasteiger partial charge is 0.497 e. The zero-order valence-electron chi connectivity index (χ0n) is 18.4. The molecule has 0 radical (unpaired) electrons. The van der Waals surface area contributed by atoms with E-state index >= 15 is 0 Å². The maximum absolute atomic E-state index is 13.2. The molecular formula is C22H27N3O4S2. The molecule has 0 aliphatic heterocycles. The lowest BCUT2D eigenvalue weighted by Crippen LogP contribution is -2.37. The summed E-state index contributed by atoms with van der Waals surface area (Å²) in [5.74, 6) is 2.47. The van der Waals surface area contributed by atoms with Crippen molar-refractivity contribution in [3.05, 3.63) is 36.4 Å². The first-order valence-electron chi connectivity index (χ1n) is 9.70. The van der Waals surface area contributed by atoms with Crippen LogP contribution in [0.25, 0.3) is 10.2 Å². The molecule has 0 atom stereocenters. The van der Waals surface area contributed by atoms with E-state index in [1.807, 2.05) is 55.4 Å². The zero-order chi connectivity index (χ0) is 22.4. The van der Waals surface area contributed by atoms with Crippen LogP contribution in [0, 0.1) is 0 Å². The maximum atomic E-state index is 13.2. The summed E-state index contributed by atoms with van der Waals surface area (Å²) in [5, 5.41) is 0.639. The van der Waals surface area contributed by atoms with Crippen molar-refractivity contribution in [1.29, 1.82) is 0 Å². The van der Waals surface area contributed by atoms with E-state index < -0.39 is 0 Å². The molecule has 0 spiro atoms. The number of thioether (sulfide) groups is 1. The van der Waals surface area contributed by atoms with Crippen LogP contribution in [0.1, 0.15) is 0 Å². The van der Waals surface area contributed by atoms with Gasteiger partial charge in [0.2, 0.25) is 5.91 Å². The molecule has 0 saturated heterocycles. The average molecular weight is 462 g/mol. The first-order valence-corrected chi connectivity index (χ1v) is 11.5. The molecule has 0 aliphatic carbocycles. The Kier molecular flexibility index (Phi) is 8.00. The molecule has 3 aromatic rings. The summed E-state index contributed by atoms with van der Waals surface area (Å²) in [6.45, 7) is 1.27. The Bertz CT molecular complexity index is 981. The topological polar surface area (TPSA) is 64.1 Å². The van der Waals surface area contributed by atoms with Gasteiger partial charge < -0.3 is 19.1 Å². The van der Waals surface area contributed by atoms with Gasteiger partial charge in [-0.1, -0.05) is 11.3 Å². The van der Waals surface area contributed by atoms with Crippen molar-refractivity contribution in [1.82, 2.24) is 9.88 Å². The Balaban J connectivity index is 1.86. The lowest BCUT2D eigenvalue weighted by atomic mass is 10.3. The van der Waals surface area contributed by atoms with Gasteiger partial charge in [-0.05, 0) is 50.5 Å². The number of likely N-dealkylation sites (N-methyl/N-ethyl adjacent to an activating group) is 1. The van der Waals surface area contributed by atoms with E-state index in [-0.39, 0.29) is 5.91 Å². The van der Waals surface area contributed by atoms with Crippen molar-refractivity contribution < 1.29 is 19.0 Å². The molecule has 7 nitrogen and oxygen atoms in total. The lowest BCUT2D eigenvalue weighted by molar-refractivity contribution is -0.116. The number of ether oxygens (including phenoxy) is 3. The molecule has 0 bridgehead atoms. The monoisotopic (exact) mass is 461 g/mol. The molecule has 1 amide bonds. The quantitative estimate of drug-likeness (QED) is 0.423. The third-order valence-electron chi connectivity index (χ3n) is 4.62. The molecule has 0 fully saturated rings. The Morgan fingerprint density at radius 1 is 0.968 bits per heavy atom. The molecule has 2 aromatic carbocycles.